The highest BCUT2D eigenvalue weighted by Crippen LogP contribution is 2.48. The number of hydrogen-bond donors (Lipinski definition) is 2. The molecule has 0 amide bonds. The quantitative estimate of drug-likeness (QED) is 0.436. The number of rotatable bonds is 5. The van der Waals surface area contributed by atoms with Crippen molar-refractivity contribution in [3.63, 3.8) is 0 Å². The smallest absolute Gasteiger partial charge is 0.140 e. The van der Waals surface area contributed by atoms with Crippen LogP contribution in [0.4, 0.5) is 0 Å². The number of allylic oxidation sites excluding steroid dienone is 3. The zero-order valence-electron chi connectivity index (χ0n) is 10.5. The zero-order chi connectivity index (χ0) is 12.4. The highest BCUT2D eigenvalue weighted by molar-refractivity contribution is 5.77. The van der Waals surface area contributed by atoms with Crippen molar-refractivity contribution in [3.05, 3.63) is 23.2 Å². The highest BCUT2D eigenvalue weighted by atomic mass is 16.5. The minimum atomic E-state index is 0.269. The lowest BCUT2D eigenvalue weighted by Gasteiger charge is -2.41. The van der Waals surface area contributed by atoms with E-state index in [0.29, 0.717) is 18.3 Å². The SMILES string of the molecule is COC1=C(OC)[C@H]2C=C(CCC(=N)N)C2CC1. The van der Waals surface area contributed by atoms with Crippen LogP contribution in [-0.2, 0) is 9.47 Å². The Kier molecular flexibility index (Phi) is 3.41. The molecule has 4 heteroatoms. The average molecular weight is 236 g/mol. The van der Waals surface area contributed by atoms with Crippen molar-refractivity contribution >= 4 is 5.84 Å². The van der Waals surface area contributed by atoms with Crippen LogP contribution < -0.4 is 5.73 Å². The average Bonchev–Trinajstić information content (AvgIpc) is 2.28. The van der Waals surface area contributed by atoms with Gasteiger partial charge in [0, 0.05) is 18.8 Å². The van der Waals surface area contributed by atoms with Crippen LogP contribution in [0.2, 0.25) is 0 Å². The lowest BCUT2D eigenvalue weighted by molar-refractivity contribution is 0.143. The standard InChI is InChI=1S/C13H20N2O2/c1-16-11-5-4-9-8(3-6-12(14)15)7-10(9)13(11)17-2/h7,9-10H,3-6H2,1-2H3,(H3,14,15)/t9?,10-/m0/s1. The van der Waals surface area contributed by atoms with Crippen molar-refractivity contribution in [3.8, 4) is 0 Å². The van der Waals surface area contributed by atoms with Crippen LogP contribution in [0.3, 0.4) is 0 Å². The third kappa shape index (κ3) is 2.16. The fraction of sp³-hybridized carbons (Fsp3) is 0.615. The largest absolute Gasteiger partial charge is 0.498 e. The van der Waals surface area contributed by atoms with Gasteiger partial charge in [0.25, 0.3) is 0 Å². The Balaban J connectivity index is 2.06. The molecule has 3 N–H and O–H groups in total. The Bertz CT molecular complexity index is 385. The number of hydrogen-bond acceptors (Lipinski definition) is 3. The first kappa shape index (κ1) is 12.0. The van der Waals surface area contributed by atoms with Gasteiger partial charge in [0.05, 0.1) is 20.1 Å². The van der Waals surface area contributed by atoms with E-state index in [1.807, 2.05) is 0 Å². The summed E-state index contributed by atoms with van der Waals surface area (Å²) in [5, 5.41) is 7.25. The first-order valence-corrected chi connectivity index (χ1v) is 6.02. The number of nitrogens with two attached hydrogens (primary N) is 1. The van der Waals surface area contributed by atoms with Gasteiger partial charge < -0.3 is 15.2 Å². The summed E-state index contributed by atoms with van der Waals surface area (Å²) in [5.74, 6) is 3.19. The minimum absolute atomic E-state index is 0.269. The molecule has 1 unspecified atom stereocenters. The summed E-state index contributed by atoms with van der Waals surface area (Å²) < 4.78 is 10.8. The van der Waals surface area contributed by atoms with E-state index in [1.165, 1.54) is 5.57 Å². The first-order chi connectivity index (χ1) is 8.17. The third-order valence-corrected chi connectivity index (χ3v) is 3.71. The summed E-state index contributed by atoms with van der Waals surface area (Å²) in [5.41, 5.74) is 6.81. The second-order valence-electron chi connectivity index (χ2n) is 4.63. The van der Waals surface area contributed by atoms with Crippen LogP contribution in [0.5, 0.6) is 0 Å². The van der Waals surface area contributed by atoms with Gasteiger partial charge in [-0.05, 0) is 18.8 Å². The Morgan fingerprint density at radius 3 is 2.82 bits per heavy atom. The predicted molar refractivity (Wildman–Crippen MR) is 66.5 cm³/mol. The van der Waals surface area contributed by atoms with Crippen LogP contribution in [0, 0.1) is 17.2 Å². The molecule has 17 heavy (non-hydrogen) atoms. The van der Waals surface area contributed by atoms with Gasteiger partial charge in [-0.15, -0.1) is 0 Å². The zero-order valence-corrected chi connectivity index (χ0v) is 10.5. The van der Waals surface area contributed by atoms with E-state index in [1.54, 1.807) is 14.2 Å². The van der Waals surface area contributed by atoms with Crippen molar-refractivity contribution in [1.29, 1.82) is 5.41 Å². The van der Waals surface area contributed by atoms with Crippen LogP contribution >= 0.6 is 0 Å². The second kappa shape index (κ2) is 4.82. The molecule has 0 saturated heterocycles. The van der Waals surface area contributed by atoms with Crippen LogP contribution in [0.15, 0.2) is 23.2 Å². The fourth-order valence-electron chi connectivity index (χ4n) is 2.80. The van der Waals surface area contributed by atoms with E-state index in [0.717, 1.165) is 30.8 Å². The van der Waals surface area contributed by atoms with Gasteiger partial charge in [-0.1, -0.05) is 11.6 Å². The van der Waals surface area contributed by atoms with Gasteiger partial charge in [0.2, 0.25) is 0 Å². The molecule has 2 aliphatic rings. The number of nitrogens with one attached hydrogen (secondary N) is 1. The monoisotopic (exact) mass is 236 g/mol. The molecule has 0 spiro atoms. The Labute approximate surface area is 102 Å². The predicted octanol–water partition coefficient (Wildman–Crippen LogP) is 2.17. The second-order valence-corrected chi connectivity index (χ2v) is 4.63. The van der Waals surface area contributed by atoms with Crippen LogP contribution in [-0.4, -0.2) is 20.1 Å². The highest BCUT2D eigenvalue weighted by Gasteiger charge is 2.40. The molecule has 2 rings (SSSR count). The lowest BCUT2D eigenvalue weighted by Crippen LogP contribution is -2.32. The topological polar surface area (TPSA) is 68.3 Å². The summed E-state index contributed by atoms with van der Waals surface area (Å²) in [6.07, 6.45) is 5.88. The minimum Gasteiger partial charge on any atom is -0.498 e. The Hall–Kier alpha value is -1.45. The normalized spacial score (nSPS) is 26.8. The number of methoxy groups -OCH3 is 2. The molecule has 94 valence electrons. The Morgan fingerprint density at radius 2 is 2.24 bits per heavy atom. The fourth-order valence-corrected chi connectivity index (χ4v) is 2.80. The summed E-state index contributed by atoms with van der Waals surface area (Å²) in [6, 6.07) is 0. The number of amidine groups is 1. The number of fused-ring (bicyclic) bond motifs is 1. The van der Waals surface area contributed by atoms with E-state index in [2.05, 4.69) is 6.08 Å². The maximum atomic E-state index is 7.25. The maximum absolute atomic E-state index is 7.25. The molecule has 0 bridgehead atoms. The molecule has 0 saturated carbocycles. The molecule has 2 aliphatic carbocycles. The molecule has 0 radical (unpaired) electrons. The Morgan fingerprint density at radius 1 is 1.47 bits per heavy atom. The first-order valence-electron chi connectivity index (χ1n) is 6.02. The molecule has 0 aliphatic heterocycles. The summed E-state index contributed by atoms with van der Waals surface area (Å²) in [6.45, 7) is 0. The molecule has 4 nitrogen and oxygen atoms in total. The molecular formula is C13H20N2O2. The van der Waals surface area contributed by atoms with E-state index >= 15 is 0 Å². The van der Waals surface area contributed by atoms with Crippen molar-refractivity contribution in [2.24, 2.45) is 17.6 Å². The van der Waals surface area contributed by atoms with Gasteiger partial charge in [-0.25, -0.2) is 0 Å². The molecule has 0 aromatic rings. The molecular weight excluding hydrogens is 216 g/mol. The molecule has 0 fully saturated rings. The van der Waals surface area contributed by atoms with Gasteiger partial charge in [-0.2, -0.15) is 0 Å². The molecule has 0 aromatic carbocycles. The van der Waals surface area contributed by atoms with Gasteiger partial charge in [0.1, 0.15) is 11.5 Å². The summed E-state index contributed by atoms with van der Waals surface area (Å²) in [7, 11) is 3.41. The van der Waals surface area contributed by atoms with Crippen molar-refractivity contribution in [2.75, 3.05) is 14.2 Å². The van der Waals surface area contributed by atoms with Crippen molar-refractivity contribution in [1.82, 2.24) is 0 Å². The summed E-state index contributed by atoms with van der Waals surface area (Å²) >= 11 is 0. The number of ether oxygens (including phenoxy) is 2. The van der Waals surface area contributed by atoms with Crippen molar-refractivity contribution < 1.29 is 9.47 Å². The lowest BCUT2D eigenvalue weighted by atomic mass is 9.67. The summed E-state index contributed by atoms with van der Waals surface area (Å²) in [4.78, 5) is 0. The van der Waals surface area contributed by atoms with Gasteiger partial charge in [-0.3, -0.25) is 5.41 Å². The van der Waals surface area contributed by atoms with E-state index in [4.69, 9.17) is 20.6 Å². The molecule has 0 heterocycles. The van der Waals surface area contributed by atoms with E-state index < -0.39 is 0 Å². The third-order valence-electron chi connectivity index (χ3n) is 3.71. The van der Waals surface area contributed by atoms with E-state index in [9.17, 15) is 0 Å². The van der Waals surface area contributed by atoms with Crippen LogP contribution in [0.25, 0.3) is 0 Å². The van der Waals surface area contributed by atoms with Crippen molar-refractivity contribution in [2.45, 2.75) is 25.7 Å². The van der Waals surface area contributed by atoms with Gasteiger partial charge >= 0.3 is 0 Å². The van der Waals surface area contributed by atoms with Gasteiger partial charge in [0.15, 0.2) is 0 Å². The van der Waals surface area contributed by atoms with E-state index in [-0.39, 0.29) is 5.84 Å². The van der Waals surface area contributed by atoms with Crippen LogP contribution in [0.1, 0.15) is 25.7 Å². The maximum Gasteiger partial charge on any atom is 0.140 e. The molecule has 0 aromatic heterocycles. The molecule has 2 atom stereocenters.